The lowest BCUT2D eigenvalue weighted by Gasteiger charge is -2.24. The largest absolute Gasteiger partial charge is 0.508 e. The van der Waals surface area contributed by atoms with Gasteiger partial charge in [-0.2, -0.15) is 13.2 Å². The maximum atomic E-state index is 13.3. The molecule has 2 heterocycles. The van der Waals surface area contributed by atoms with Gasteiger partial charge in [-0.15, -0.1) is 0 Å². The fourth-order valence-electron chi connectivity index (χ4n) is 3.59. The van der Waals surface area contributed by atoms with Gasteiger partial charge in [0.2, 0.25) is 0 Å². The van der Waals surface area contributed by atoms with Crippen LogP contribution >= 0.6 is 11.6 Å². The van der Waals surface area contributed by atoms with Crippen molar-refractivity contribution in [2.75, 3.05) is 11.4 Å². The van der Waals surface area contributed by atoms with E-state index in [2.05, 4.69) is 4.98 Å². The molecule has 3 aromatic rings. The van der Waals surface area contributed by atoms with Gasteiger partial charge in [-0.3, -0.25) is 4.90 Å². The smallest absolute Gasteiger partial charge is 0.416 e. The molecule has 1 atom stereocenters. The molecule has 1 N–H and O–H groups in total. The monoisotopic (exact) mass is 447 g/mol. The summed E-state index contributed by atoms with van der Waals surface area (Å²) >= 11 is 5.82. The third kappa shape index (κ3) is 4.44. The summed E-state index contributed by atoms with van der Waals surface area (Å²) in [7, 11) is 0. The van der Waals surface area contributed by atoms with Crippen molar-refractivity contribution in [1.29, 1.82) is 0 Å². The Kier molecular flexibility index (Phi) is 5.49. The maximum Gasteiger partial charge on any atom is 0.416 e. The van der Waals surface area contributed by atoms with Crippen LogP contribution in [0.25, 0.3) is 0 Å². The SMILES string of the molecule is O=C1N(Cc2ccc(Cl)nc2)CC(c2cccc(C(F)(F)F)c2)N1c1ccc(O)cc1. The third-order valence-corrected chi connectivity index (χ3v) is 5.29. The summed E-state index contributed by atoms with van der Waals surface area (Å²) in [6.45, 7) is 0.413. The van der Waals surface area contributed by atoms with Gasteiger partial charge in [0.05, 0.1) is 11.6 Å². The normalized spacial score (nSPS) is 16.8. The molecule has 1 fully saturated rings. The van der Waals surface area contributed by atoms with Crippen LogP contribution in [0.2, 0.25) is 5.15 Å². The van der Waals surface area contributed by atoms with Gasteiger partial charge >= 0.3 is 12.2 Å². The molecular weight excluding hydrogens is 431 g/mol. The lowest BCUT2D eigenvalue weighted by Crippen LogP contribution is -2.32. The molecule has 4 rings (SSSR count). The highest BCUT2D eigenvalue weighted by Gasteiger charge is 2.40. The molecule has 2 amide bonds. The van der Waals surface area contributed by atoms with Crippen LogP contribution in [-0.2, 0) is 12.7 Å². The number of phenolic OH excluding ortho intramolecular Hbond substituents is 1. The number of anilines is 1. The molecular formula is C22H17ClF3N3O2. The van der Waals surface area contributed by atoms with Crippen molar-refractivity contribution in [3.8, 4) is 5.75 Å². The second-order valence-corrected chi connectivity index (χ2v) is 7.56. The number of aromatic nitrogens is 1. The number of rotatable bonds is 4. The van der Waals surface area contributed by atoms with Crippen LogP contribution in [0.1, 0.15) is 22.7 Å². The average Bonchev–Trinajstić information content (AvgIpc) is 3.06. The van der Waals surface area contributed by atoms with Gasteiger partial charge in [-0.25, -0.2) is 9.78 Å². The lowest BCUT2D eigenvalue weighted by atomic mass is 10.0. The Hall–Kier alpha value is -3.26. The van der Waals surface area contributed by atoms with Gasteiger partial charge < -0.3 is 10.0 Å². The van der Waals surface area contributed by atoms with Gasteiger partial charge in [0, 0.05) is 25.0 Å². The molecule has 1 saturated heterocycles. The summed E-state index contributed by atoms with van der Waals surface area (Å²) in [5.41, 5.74) is 0.812. The van der Waals surface area contributed by atoms with Crippen molar-refractivity contribution < 1.29 is 23.1 Å². The van der Waals surface area contributed by atoms with Gasteiger partial charge in [-0.05, 0) is 53.6 Å². The molecule has 1 unspecified atom stereocenters. The molecule has 0 aliphatic carbocycles. The molecule has 1 aromatic heterocycles. The number of phenols is 1. The van der Waals surface area contributed by atoms with Crippen LogP contribution in [0.4, 0.5) is 23.7 Å². The number of pyridine rings is 1. The van der Waals surface area contributed by atoms with E-state index >= 15 is 0 Å². The topological polar surface area (TPSA) is 56.7 Å². The Bertz CT molecular complexity index is 1090. The van der Waals surface area contributed by atoms with E-state index in [9.17, 15) is 23.1 Å². The fourth-order valence-corrected chi connectivity index (χ4v) is 3.70. The summed E-state index contributed by atoms with van der Waals surface area (Å²) in [6.07, 6.45) is -2.94. The predicted molar refractivity (Wildman–Crippen MR) is 110 cm³/mol. The lowest BCUT2D eigenvalue weighted by molar-refractivity contribution is -0.137. The van der Waals surface area contributed by atoms with Crippen molar-refractivity contribution in [1.82, 2.24) is 9.88 Å². The minimum absolute atomic E-state index is 0.0232. The number of carbonyl (C=O) groups is 1. The molecule has 0 spiro atoms. The van der Waals surface area contributed by atoms with Crippen molar-refractivity contribution in [2.45, 2.75) is 18.8 Å². The Labute approximate surface area is 181 Å². The Balaban J connectivity index is 1.71. The van der Waals surface area contributed by atoms with E-state index < -0.39 is 17.8 Å². The number of hydrogen-bond acceptors (Lipinski definition) is 3. The number of hydrogen-bond donors (Lipinski definition) is 1. The van der Waals surface area contributed by atoms with Crippen molar-refractivity contribution in [3.05, 3.63) is 88.7 Å². The number of alkyl halides is 3. The first-order valence-corrected chi connectivity index (χ1v) is 9.75. The number of benzene rings is 2. The maximum absolute atomic E-state index is 13.3. The molecule has 1 aliphatic heterocycles. The van der Waals surface area contributed by atoms with E-state index in [4.69, 9.17) is 11.6 Å². The highest BCUT2D eigenvalue weighted by atomic mass is 35.5. The summed E-state index contributed by atoms with van der Waals surface area (Å²) in [4.78, 5) is 20.2. The van der Waals surface area contributed by atoms with Crippen LogP contribution < -0.4 is 4.90 Å². The van der Waals surface area contributed by atoms with Crippen LogP contribution in [-0.4, -0.2) is 27.6 Å². The minimum atomic E-state index is -4.49. The summed E-state index contributed by atoms with van der Waals surface area (Å²) in [5, 5.41) is 9.91. The van der Waals surface area contributed by atoms with Crippen LogP contribution in [0, 0.1) is 0 Å². The highest BCUT2D eigenvalue weighted by molar-refractivity contribution is 6.29. The van der Waals surface area contributed by atoms with Gasteiger partial charge in [-0.1, -0.05) is 29.8 Å². The molecule has 0 bridgehead atoms. The van der Waals surface area contributed by atoms with Crippen molar-refractivity contribution >= 4 is 23.3 Å². The minimum Gasteiger partial charge on any atom is -0.508 e. The van der Waals surface area contributed by atoms with Crippen molar-refractivity contribution in [3.63, 3.8) is 0 Å². The van der Waals surface area contributed by atoms with Gasteiger partial charge in [0.25, 0.3) is 0 Å². The first-order chi connectivity index (χ1) is 14.7. The molecule has 1 aliphatic rings. The quantitative estimate of drug-likeness (QED) is 0.526. The molecule has 0 saturated carbocycles. The number of halogens is 4. The van der Waals surface area contributed by atoms with Crippen molar-refractivity contribution in [2.24, 2.45) is 0 Å². The summed E-state index contributed by atoms with van der Waals surface area (Å²) < 4.78 is 39.8. The van der Waals surface area contributed by atoms with E-state index in [0.29, 0.717) is 16.4 Å². The fraction of sp³-hybridized carbons (Fsp3) is 0.182. The van der Waals surface area contributed by atoms with Gasteiger partial charge in [0.15, 0.2) is 0 Å². The Morgan fingerprint density at radius 3 is 2.48 bits per heavy atom. The van der Waals surface area contributed by atoms with E-state index in [0.717, 1.165) is 17.7 Å². The number of amides is 2. The standard InChI is InChI=1S/C22H17ClF3N3O2/c23-20-9-4-14(11-27-20)12-28-13-19(15-2-1-3-16(10-15)22(24,25)26)29(21(28)31)17-5-7-18(30)8-6-17/h1-11,19,30H,12-13H2. The molecule has 160 valence electrons. The number of nitrogens with zero attached hydrogens (tertiary/aromatic N) is 3. The second kappa shape index (κ2) is 8.11. The first-order valence-electron chi connectivity index (χ1n) is 9.37. The zero-order chi connectivity index (χ0) is 22.2. The first kappa shape index (κ1) is 21.0. The molecule has 31 heavy (non-hydrogen) atoms. The second-order valence-electron chi connectivity index (χ2n) is 7.18. The Morgan fingerprint density at radius 1 is 1.10 bits per heavy atom. The zero-order valence-corrected chi connectivity index (χ0v) is 16.8. The summed E-state index contributed by atoms with van der Waals surface area (Å²) in [6, 6.07) is 13.3. The van der Waals surface area contributed by atoms with E-state index in [1.165, 1.54) is 23.1 Å². The summed E-state index contributed by atoms with van der Waals surface area (Å²) in [5.74, 6) is 0.0232. The third-order valence-electron chi connectivity index (χ3n) is 5.07. The molecule has 2 aromatic carbocycles. The highest BCUT2D eigenvalue weighted by Crippen LogP contribution is 2.38. The van der Waals surface area contributed by atoms with Crippen LogP contribution in [0.5, 0.6) is 5.75 Å². The van der Waals surface area contributed by atoms with E-state index in [-0.39, 0.29) is 24.9 Å². The van der Waals surface area contributed by atoms with E-state index in [1.54, 1.807) is 41.4 Å². The number of urea groups is 1. The van der Waals surface area contributed by atoms with E-state index in [1.807, 2.05) is 0 Å². The predicted octanol–water partition coefficient (Wildman–Crippen LogP) is 5.64. The van der Waals surface area contributed by atoms with Crippen LogP contribution in [0.15, 0.2) is 66.9 Å². The molecule has 9 heteroatoms. The molecule has 5 nitrogen and oxygen atoms in total. The zero-order valence-electron chi connectivity index (χ0n) is 16.1. The Morgan fingerprint density at radius 2 is 1.84 bits per heavy atom. The number of carbonyl (C=O) groups excluding carboxylic acids is 1. The average molecular weight is 448 g/mol. The number of aromatic hydroxyl groups is 1. The van der Waals surface area contributed by atoms with Crippen LogP contribution in [0.3, 0.4) is 0 Å². The molecule has 0 radical (unpaired) electrons. The van der Waals surface area contributed by atoms with Gasteiger partial charge in [0.1, 0.15) is 10.9 Å².